The van der Waals surface area contributed by atoms with Crippen molar-refractivity contribution in [2.45, 2.75) is 26.2 Å². The average Bonchev–Trinajstić information content (AvgIpc) is 2.10. The second kappa shape index (κ2) is 4.95. The van der Waals surface area contributed by atoms with E-state index in [1.807, 2.05) is 6.92 Å². The number of rotatable bonds is 4. The maximum atomic E-state index is 11.5. The summed E-state index contributed by atoms with van der Waals surface area (Å²) in [5.41, 5.74) is 0. The van der Waals surface area contributed by atoms with Crippen molar-refractivity contribution in [1.82, 2.24) is 10.0 Å². The van der Waals surface area contributed by atoms with Crippen molar-refractivity contribution in [1.29, 1.82) is 0 Å². The second-order valence-corrected chi connectivity index (χ2v) is 3.40. The number of carboxylic acid groups (broad SMARTS) is 1. The van der Waals surface area contributed by atoms with Gasteiger partial charge in [0.1, 0.15) is 6.54 Å². The highest BCUT2D eigenvalue weighted by atomic mass is 16.4. The Kier molecular flexibility index (Phi) is 3.88. The Morgan fingerprint density at radius 3 is 2.86 bits per heavy atom. The molecule has 1 amide bonds. The van der Waals surface area contributed by atoms with E-state index in [-0.39, 0.29) is 12.5 Å². The first-order chi connectivity index (χ1) is 6.65. The Morgan fingerprint density at radius 1 is 1.57 bits per heavy atom. The first kappa shape index (κ1) is 11.0. The van der Waals surface area contributed by atoms with Crippen LogP contribution in [-0.2, 0) is 9.59 Å². The molecule has 0 aliphatic carbocycles. The predicted octanol–water partition coefficient (Wildman–Crippen LogP) is 0.320. The Balaban J connectivity index is 2.59. The smallest absolute Gasteiger partial charge is 0.319 e. The molecule has 0 saturated carbocycles. The molecule has 1 aliphatic heterocycles. The van der Waals surface area contributed by atoms with Gasteiger partial charge in [-0.3, -0.25) is 14.6 Å². The molecular weight excluding hydrogens is 184 g/mol. The Morgan fingerprint density at radius 2 is 2.29 bits per heavy atom. The fourth-order valence-corrected chi connectivity index (χ4v) is 1.62. The van der Waals surface area contributed by atoms with E-state index in [4.69, 9.17) is 5.11 Å². The van der Waals surface area contributed by atoms with Gasteiger partial charge in [0.2, 0.25) is 5.91 Å². The van der Waals surface area contributed by atoms with E-state index < -0.39 is 5.97 Å². The normalized spacial score (nSPS) is 18.6. The maximum absolute atomic E-state index is 11.5. The van der Waals surface area contributed by atoms with Gasteiger partial charge in [0.25, 0.3) is 0 Å². The molecule has 0 radical (unpaired) electrons. The Labute approximate surface area is 83.3 Å². The highest BCUT2D eigenvalue weighted by Crippen LogP contribution is 2.12. The summed E-state index contributed by atoms with van der Waals surface area (Å²) in [5.74, 6) is -0.847. The molecule has 14 heavy (non-hydrogen) atoms. The van der Waals surface area contributed by atoms with Crippen molar-refractivity contribution in [3.8, 4) is 0 Å². The van der Waals surface area contributed by atoms with Gasteiger partial charge in [-0.05, 0) is 12.8 Å². The SMILES string of the molecule is CCCN1C(=O)CCCN1CC(=O)O. The molecule has 1 N–H and O–H groups in total. The number of nitrogens with zero attached hydrogens (tertiary/aromatic N) is 2. The third-order valence-corrected chi connectivity index (χ3v) is 2.19. The van der Waals surface area contributed by atoms with Gasteiger partial charge >= 0.3 is 5.97 Å². The van der Waals surface area contributed by atoms with Crippen LogP contribution in [0.15, 0.2) is 0 Å². The van der Waals surface area contributed by atoms with Crippen LogP contribution in [0.5, 0.6) is 0 Å². The average molecular weight is 200 g/mol. The molecule has 1 fully saturated rings. The topological polar surface area (TPSA) is 60.9 Å². The van der Waals surface area contributed by atoms with Crippen LogP contribution in [0.2, 0.25) is 0 Å². The molecule has 0 aromatic carbocycles. The van der Waals surface area contributed by atoms with Crippen LogP contribution in [0.3, 0.4) is 0 Å². The lowest BCUT2D eigenvalue weighted by Gasteiger charge is -2.37. The lowest BCUT2D eigenvalue weighted by Crippen LogP contribution is -2.52. The molecule has 0 unspecified atom stereocenters. The van der Waals surface area contributed by atoms with Gasteiger partial charge in [-0.25, -0.2) is 5.01 Å². The van der Waals surface area contributed by atoms with Gasteiger partial charge in [-0.2, -0.15) is 0 Å². The molecule has 0 spiro atoms. The third kappa shape index (κ3) is 2.70. The van der Waals surface area contributed by atoms with Crippen molar-refractivity contribution >= 4 is 11.9 Å². The summed E-state index contributed by atoms with van der Waals surface area (Å²) >= 11 is 0. The van der Waals surface area contributed by atoms with Crippen molar-refractivity contribution in [2.24, 2.45) is 0 Å². The number of carbonyl (C=O) groups is 2. The number of aliphatic carboxylic acids is 1. The summed E-state index contributed by atoms with van der Waals surface area (Å²) in [6, 6.07) is 0. The molecule has 0 atom stereocenters. The molecule has 0 aromatic heterocycles. The molecule has 0 aromatic rings. The van der Waals surface area contributed by atoms with E-state index in [1.165, 1.54) is 0 Å². The van der Waals surface area contributed by atoms with E-state index in [0.717, 1.165) is 12.8 Å². The van der Waals surface area contributed by atoms with Gasteiger partial charge < -0.3 is 5.11 Å². The maximum Gasteiger partial charge on any atom is 0.319 e. The summed E-state index contributed by atoms with van der Waals surface area (Å²) in [6.07, 6.45) is 2.14. The number of hydrogen-bond donors (Lipinski definition) is 1. The first-order valence-corrected chi connectivity index (χ1v) is 4.92. The number of carbonyl (C=O) groups excluding carboxylic acids is 1. The fraction of sp³-hybridized carbons (Fsp3) is 0.778. The zero-order chi connectivity index (χ0) is 10.6. The summed E-state index contributed by atoms with van der Waals surface area (Å²) < 4.78 is 0. The predicted molar refractivity (Wildman–Crippen MR) is 50.4 cm³/mol. The Bertz CT molecular complexity index is 230. The molecule has 1 heterocycles. The van der Waals surface area contributed by atoms with Crippen molar-refractivity contribution in [3.05, 3.63) is 0 Å². The van der Waals surface area contributed by atoms with Gasteiger partial charge in [-0.1, -0.05) is 6.92 Å². The summed E-state index contributed by atoms with van der Waals surface area (Å²) in [4.78, 5) is 22.0. The van der Waals surface area contributed by atoms with Crippen molar-refractivity contribution in [2.75, 3.05) is 19.6 Å². The minimum Gasteiger partial charge on any atom is -0.480 e. The van der Waals surface area contributed by atoms with Crippen molar-refractivity contribution in [3.63, 3.8) is 0 Å². The van der Waals surface area contributed by atoms with E-state index in [1.54, 1.807) is 10.0 Å². The zero-order valence-corrected chi connectivity index (χ0v) is 8.40. The standard InChI is InChI=1S/C9H16N2O3/c1-2-5-11-8(12)4-3-6-10(11)7-9(13)14/h2-7H2,1H3,(H,13,14). The molecule has 5 heteroatoms. The van der Waals surface area contributed by atoms with Crippen LogP contribution < -0.4 is 0 Å². The number of amides is 1. The first-order valence-electron chi connectivity index (χ1n) is 4.92. The number of hydrazine groups is 1. The van der Waals surface area contributed by atoms with Gasteiger partial charge in [0.15, 0.2) is 0 Å². The van der Waals surface area contributed by atoms with E-state index in [2.05, 4.69) is 0 Å². The lowest BCUT2D eigenvalue weighted by molar-refractivity contribution is -0.161. The molecule has 1 rings (SSSR count). The molecule has 5 nitrogen and oxygen atoms in total. The quantitative estimate of drug-likeness (QED) is 0.710. The highest BCUT2D eigenvalue weighted by molar-refractivity contribution is 5.77. The van der Waals surface area contributed by atoms with Crippen molar-refractivity contribution < 1.29 is 14.7 Å². The number of hydrogen-bond acceptors (Lipinski definition) is 3. The molecule has 1 aliphatic rings. The molecule has 80 valence electrons. The lowest BCUT2D eigenvalue weighted by atomic mass is 10.2. The van der Waals surface area contributed by atoms with Gasteiger partial charge in [-0.15, -0.1) is 0 Å². The monoisotopic (exact) mass is 200 g/mol. The molecule has 1 saturated heterocycles. The second-order valence-electron chi connectivity index (χ2n) is 3.40. The van der Waals surface area contributed by atoms with E-state index >= 15 is 0 Å². The van der Waals surface area contributed by atoms with Crippen LogP contribution in [0.1, 0.15) is 26.2 Å². The minimum atomic E-state index is -0.888. The summed E-state index contributed by atoms with van der Waals surface area (Å²) in [5, 5.41) is 11.8. The third-order valence-electron chi connectivity index (χ3n) is 2.19. The number of carboxylic acids is 1. The largest absolute Gasteiger partial charge is 0.480 e. The van der Waals surface area contributed by atoms with Crippen LogP contribution >= 0.6 is 0 Å². The fourth-order valence-electron chi connectivity index (χ4n) is 1.62. The highest BCUT2D eigenvalue weighted by Gasteiger charge is 2.26. The molecular formula is C9H16N2O3. The Hall–Kier alpha value is -1.10. The van der Waals surface area contributed by atoms with Crippen LogP contribution in [-0.4, -0.2) is 46.6 Å². The van der Waals surface area contributed by atoms with Crippen LogP contribution in [0, 0.1) is 0 Å². The molecule has 0 bridgehead atoms. The zero-order valence-electron chi connectivity index (χ0n) is 8.40. The van der Waals surface area contributed by atoms with E-state index in [9.17, 15) is 9.59 Å². The summed E-state index contributed by atoms with van der Waals surface area (Å²) in [6.45, 7) is 3.18. The van der Waals surface area contributed by atoms with Crippen LogP contribution in [0.25, 0.3) is 0 Å². The van der Waals surface area contributed by atoms with Gasteiger partial charge in [0, 0.05) is 19.5 Å². The van der Waals surface area contributed by atoms with E-state index in [0.29, 0.717) is 19.5 Å². The minimum absolute atomic E-state index is 0.0411. The van der Waals surface area contributed by atoms with Gasteiger partial charge in [0.05, 0.1) is 0 Å². The van der Waals surface area contributed by atoms with Crippen LogP contribution in [0.4, 0.5) is 0 Å². The summed E-state index contributed by atoms with van der Waals surface area (Å²) in [7, 11) is 0.